The van der Waals surface area contributed by atoms with Crippen LogP contribution in [-0.2, 0) is 10.0 Å². The third-order valence-electron chi connectivity index (χ3n) is 5.90. The third-order valence-corrected chi connectivity index (χ3v) is 6.76. The molecule has 1 saturated carbocycles. The van der Waals surface area contributed by atoms with Gasteiger partial charge < -0.3 is 19.3 Å². The molecule has 0 unspecified atom stereocenters. The molecule has 2 aliphatic rings. The Morgan fingerprint density at radius 1 is 1.05 bits per heavy atom. The molecular weight excluding hydrogens is 516 g/mol. The average molecular weight is 541 g/mol. The fraction of sp³-hybridized carbons (Fsp3) is 0.320. The molecule has 0 bridgehead atoms. The van der Waals surface area contributed by atoms with E-state index in [0.29, 0.717) is 46.7 Å². The molecular formula is C25H25ClN6O4S. The van der Waals surface area contributed by atoms with Crippen molar-refractivity contribution in [1.82, 2.24) is 9.97 Å². The summed E-state index contributed by atoms with van der Waals surface area (Å²) in [5, 5.41) is 9.87. The predicted octanol–water partition coefficient (Wildman–Crippen LogP) is 4.03. The number of sulfonamides is 1. The Balaban J connectivity index is 1.20. The second-order valence-corrected chi connectivity index (χ2v) is 11.1. The molecule has 0 spiro atoms. The topological polar surface area (TPSA) is 121 Å². The van der Waals surface area contributed by atoms with Gasteiger partial charge in [0, 0.05) is 44.0 Å². The van der Waals surface area contributed by atoms with Crippen molar-refractivity contribution in [3.8, 4) is 23.3 Å². The number of hydrogen-bond acceptors (Lipinski definition) is 9. The largest absolute Gasteiger partial charge is 0.487 e. The second-order valence-electron chi connectivity index (χ2n) is 8.92. The van der Waals surface area contributed by atoms with Crippen LogP contribution in [0.15, 0.2) is 48.8 Å². The van der Waals surface area contributed by atoms with E-state index in [2.05, 4.69) is 30.6 Å². The number of nitrogens with zero attached hydrogens (tertiary/aromatic N) is 5. The highest BCUT2D eigenvalue weighted by Gasteiger charge is 2.26. The van der Waals surface area contributed by atoms with E-state index in [1.165, 1.54) is 6.20 Å². The Hall–Kier alpha value is -3.75. The van der Waals surface area contributed by atoms with Crippen LogP contribution in [0.1, 0.15) is 18.4 Å². The number of halogens is 1. The van der Waals surface area contributed by atoms with E-state index in [-0.39, 0.29) is 11.9 Å². The lowest BCUT2D eigenvalue weighted by Crippen LogP contribution is -2.46. The van der Waals surface area contributed by atoms with E-state index >= 15 is 0 Å². The summed E-state index contributed by atoms with van der Waals surface area (Å²) in [7, 11) is -3.42. The van der Waals surface area contributed by atoms with Crippen LogP contribution in [0.4, 0.5) is 17.3 Å². The molecule has 1 aliphatic carbocycles. The summed E-state index contributed by atoms with van der Waals surface area (Å²) in [4.78, 5) is 12.8. The SMILES string of the molecule is CS(=O)(=O)Nc1cncc(N2CCN(c3ccc(Oc4cc(Cl)c(OC5CC5)c(C#N)c4)cc3)CC2)n1. The van der Waals surface area contributed by atoms with Crippen LogP contribution in [0.3, 0.4) is 0 Å². The van der Waals surface area contributed by atoms with Gasteiger partial charge in [-0.15, -0.1) is 0 Å². The minimum atomic E-state index is -3.42. The molecule has 2 heterocycles. The van der Waals surface area contributed by atoms with Crippen LogP contribution in [0.25, 0.3) is 0 Å². The van der Waals surface area contributed by atoms with Gasteiger partial charge in [-0.3, -0.25) is 9.71 Å². The Morgan fingerprint density at radius 3 is 2.41 bits per heavy atom. The molecule has 0 radical (unpaired) electrons. The standard InChI is InChI=1S/C25H25ClN6O4S/c1-37(33,34)30-23-15-28-16-24(29-23)32-10-8-31(9-11-32)18-2-4-19(5-3-18)35-21-12-17(14-27)25(22(26)13-21)36-20-6-7-20/h2-5,12-13,15-16,20H,6-11H2,1H3,(H,29,30). The first kappa shape index (κ1) is 24.9. The summed E-state index contributed by atoms with van der Waals surface area (Å²) in [5.41, 5.74) is 1.40. The summed E-state index contributed by atoms with van der Waals surface area (Å²) >= 11 is 6.37. The van der Waals surface area contributed by atoms with Gasteiger partial charge in [0.05, 0.1) is 35.3 Å². The van der Waals surface area contributed by atoms with Crippen molar-refractivity contribution in [2.24, 2.45) is 0 Å². The van der Waals surface area contributed by atoms with Gasteiger partial charge in [0.1, 0.15) is 23.4 Å². The maximum Gasteiger partial charge on any atom is 0.231 e. The van der Waals surface area contributed by atoms with Crippen molar-refractivity contribution < 1.29 is 17.9 Å². The Bertz CT molecular complexity index is 1430. The Kier molecular flexibility index (Phi) is 6.95. The molecule has 3 aromatic rings. The number of piperazine rings is 1. The Labute approximate surface area is 220 Å². The fourth-order valence-corrected chi connectivity index (χ4v) is 4.72. The molecule has 0 amide bonds. The number of benzene rings is 2. The van der Waals surface area contributed by atoms with E-state index in [1.54, 1.807) is 18.3 Å². The van der Waals surface area contributed by atoms with Gasteiger partial charge >= 0.3 is 0 Å². The number of aromatic nitrogens is 2. The summed E-state index contributed by atoms with van der Waals surface area (Å²) in [5.74, 6) is 2.34. The molecule has 5 rings (SSSR count). The number of rotatable bonds is 8. The first-order chi connectivity index (χ1) is 17.8. The van der Waals surface area contributed by atoms with Gasteiger partial charge in [-0.2, -0.15) is 5.26 Å². The number of ether oxygens (including phenoxy) is 2. The third kappa shape index (κ3) is 6.34. The van der Waals surface area contributed by atoms with Crippen LogP contribution >= 0.6 is 11.6 Å². The van der Waals surface area contributed by atoms with Gasteiger partial charge in [0.15, 0.2) is 11.6 Å². The van der Waals surface area contributed by atoms with Gasteiger partial charge in [-0.05, 0) is 37.1 Å². The quantitative estimate of drug-likeness (QED) is 0.451. The van der Waals surface area contributed by atoms with Crippen LogP contribution in [0.5, 0.6) is 17.2 Å². The van der Waals surface area contributed by atoms with Crippen molar-refractivity contribution in [2.75, 3.05) is 47.0 Å². The first-order valence-corrected chi connectivity index (χ1v) is 14.0. The van der Waals surface area contributed by atoms with Gasteiger partial charge in [0.2, 0.25) is 10.0 Å². The molecule has 1 saturated heterocycles. The van der Waals surface area contributed by atoms with Crippen LogP contribution < -0.4 is 24.0 Å². The highest BCUT2D eigenvalue weighted by molar-refractivity contribution is 7.92. The first-order valence-electron chi connectivity index (χ1n) is 11.8. The molecule has 0 atom stereocenters. The molecule has 192 valence electrons. The minimum Gasteiger partial charge on any atom is -0.487 e. The smallest absolute Gasteiger partial charge is 0.231 e. The van der Waals surface area contributed by atoms with Gasteiger partial charge in [-0.25, -0.2) is 13.4 Å². The predicted molar refractivity (Wildman–Crippen MR) is 141 cm³/mol. The van der Waals surface area contributed by atoms with Crippen LogP contribution in [-0.4, -0.2) is 56.9 Å². The molecule has 1 N–H and O–H groups in total. The van der Waals surface area contributed by atoms with E-state index in [9.17, 15) is 13.7 Å². The highest BCUT2D eigenvalue weighted by Crippen LogP contribution is 2.38. The lowest BCUT2D eigenvalue weighted by Gasteiger charge is -2.36. The Morgan fingerprint density at radius 2 is 1.76 bits per heavy atom. The number of anilines is 3. The summed E-state index contributed by atoms with van der Waals surface area (Å²) < 4.78 is 37.0. The molecule has 12 heteroatoms. The molecule has 37 heavy (non-hydrogen) atoms. The van der Waals surface area contributed by atoms with Crippen molar-refractivity contribution in [3.63, 3.8) is 0 Å². The number of nitrogens with one attached hydrogen (secondary N) is 1. The lowest BCUT2D eigenvalue weighted by molar-refractivity contribution is 0.302. The molecule has 2 fully saturated rings. The molecule has 1 aliphatic heterocycles. The zero-order valence-corrected chi connectivity index (χ0v) is 21.7. The zero-order chi connectivity index (χ0) is 26.0. The van der Waals surface area contributed by atoms with Crippen molar-refractivity contribution in [3.05, 3.63) is 59.4 Å². The monoisotopic (exact) mass is 540 g/mol. The molecule has 10 nitrogen and oxygen atoms in total. The van der Waals surface area contributed by atoms with Gasteiger partial charge in [-0.1, -0.05) is 11.6 Å². The normalized spacial score (nSPS) is 15.7. The maximum absolute atomic E-state index is 11.5. The lowest BCUT2D eigenvalue weighted by atomic mass is 10.2. The highest BCUT2D eigenvalue weighted by atomic mass is 35.5. The maximum atomic E-state index is 11.5. The average Bonchev–Trinajstić information content (AvgIpc) is 3.69. The number of nitriles is 1. The van der Waals surface area contributed by atoms with Crippen molar-refractivity contribution in [2.45, 2.75) is 18.9 Å². The van der Waals surface area contributed by atoms with Crippen LogP contribution in [0.2, 0.25) is 5.02 Å². The molecule has 2 aromatic carbocycles. The van der Waals surface area contributed by atoms with Crippen molar-refractivity contribution >= 4 is 38.9 Å². The van der Waals surface area contributed by atoms with Crippen LogP contribution in [0, 0.1) is 11.3 Å². The summed E-state index contributed by atoms with van der Waals surface area (Å²) in [6.45, 7) is 2.93. The zero-order valence-electron chi connectivity index (χ0n) is 20.1. The minimum absolute atomic E-state index is 0.140. The van der Waals surface area contributed by atoms with Gasteiger partial charge in [0.25, 0.3) is 0 Å². The van der Waals surface area contributed by atoms with E-state index in [0.717, 1.165) is 37.9 Å². The second kappa shape index (κ2) is 10.3. The molecule has 1 aromatic heterocycles. The summed E-state index contributed by atoms with van der Waals surface area (Å²) in [6, 6.07) is 13.2. The number of hydrogen-bond donors (Lipinski definition) is 1. The summed E-state index contributed by atoms with van der Waals surface area (Å²) in [6.07, 6.45) is 6.19. The van der Waals surface area contributed by atoms with E-state index in [4.69, 9.17) is 21.1 Å². The van der Waals surface area contributed by atoms with Crippen molar-refractivity contribution in [1.29, 1.82) is 5.26 Å². The van der Waals surface area contributed by atoms with E-state index < -0.39 is 10.0 Å². The fourth-order valence-electron chi connectivity index (χ4n) is 3.98. The van der Waals surface area contributed by atoms with E-state index in [1.807, 2.05) is 24.3 Å².